The third-order valence-electron chi connectivity index (χ3n) is 3.44. The lowest BCUT2D eigenvalue weighted by Gasteiger charge is -2.32. The van der Waals surface area contributed by atoms with E-state index in [0.717, 1.165) is 38.4 Å². The average Bonchev–Trinajstić information content (AvgIpc) is 2.45. The Hall–Kier alpha value is -1.46. The van der Waals surface area contributed by atoms with Crippen molar-refractivity contribution in [3.63, 3.8) is 0 Å². The zero-order chi connectivity index (χ0) is 13.5. The van der Waals surface area contributed by atoms with Crippen LogP contribution >= 0.6 is 0 Å². The van der Waals surface area contributed by atoms with Gasteiger partial charge in [-0.05, 0) is 19.2 Å². The predicted octanol–water partition coefficient (Wildman–Crippen LogP) is 0.335. The van der Waals surface area contributed by atoms with Crippen molar-refractivity contribution in [2.75, 3.05) is 39.8 Å². The minimum Gasteiger partial charge on any atom is -0.350 e. The number of nitrogens with one attached hydrogen (secondary N) is 1. The third kappa shape index (κ3) is 4.96. The molecule has 1 saturated heterocycles. The predicted molar refractivity (Wildman–Crippen MR) is 74.6 cm³/mol. The third-order valence-corrected chi connectivity index (χ3v) is 3.44. The number of piperazine rings is 1. The van der Waals surface area contributed by atoms with Crippen LogP contribution in [-0.2, 0) is 11.3 Å². The Labute approximate surface area is 114 Å². The molecule has 0 unspecified atom stereocenters. The standard InChI is InChI=1S/C14H22N4O/c1-17-8-10-18(11-9-17)7-5-14(19)16-12-13-4-2-3-6-15-13/h2-4,6H,5,7-12H2,1H3,(H,16,19). The summed E-state index contributed by atoms with van der Waals surface area (Å²) in [6.07, 6.45) is 2.31. The Balaban J connectivity index is 1.62. The summed E-state index contributed by atoms with van der Waals surface area (Å²) in [5.41, 5.74) is 0.899. The van der Waals surface area contributed by atoms with Crippen LogP contribution in [0.15, 0.2) is 24.4 Å². The lowest BCUT2D eigenvalue weighted by Crippen LogP contribution is -2.45. The summed E-state index contributed by atoms with van der Waals surface area (Å²) in [6, 6.07) is 5.72. The molecule has 1 N–H and O–H groups in total. The molecule has 1 amide bonds. The molecule has 0 saturated carbocycles. The van der Waals surface area contributed by atoms with Crippen LogP contribution < -0.4 is 5.32 Å². The molecule has 0 aliphatic carbocycles. The van der Waals surface area contributed by atoms with Crippen LogP contribution in [0.2, 0.25) is 0 Å². The van der Waals surface area contributed by atoms with Crippen LogP contribution in [0.3, 0.4) is 0 Å². The van der Waals surface area contributed by atoms with E-state index in [0.29, 0.717) is 13.0 Å². The van der Waals surface area contributed by atoms with Crippen molar-refractivity contribution in [3.8, 4) is 0 Å². The van der Waals surface area contributed by atoms with Gasteiger partial charge in [-0.2, -0.15) is 0 Å². The van der Waals surface area contributed by atoms with Crippen LogP contribution in [0.1, 0.15) is 12.1 Å². The number of likely N-dealkylation sites (N-methyl/N-ethyl adjacent to an activating group) is 1. The zero-order valence-electron chi connectivity index (χ0n) is 11.5. The highest BCUT2D eigenvalue weighted by Crippen LogP contribution is 2.00. The van der Waals surface area contributed by atoms with Gasteiger partial charge in [0.1, 0.15) is 0 Å². The van der Waals surface area contributed by atoms with Gasteiger partial charge < -0.3 is 15.1 Å². The summed E-state index contributed by atoms with van der Waals surface area (Å²) < 4.78 is 0. The number of nitrogens with zero attached hydrogens (tertiary/aromatic N) is 3. The smallest absolute Gasteiger partial charge is 0.221 e. The molecule has 0 atom stereocenters. The van der Waals surface area contributed by atoms with Crippen molar-refractivity contribution in [1.82, 2.24) is 20.1 Å². The first-order valence-corrected chi connectivity index (χ1v) is 6.81. The number of pyridine rings is 1. The summed E-state index contributed by atoms with van der Waals surface area (Å²) in [5.74, 6) is 0.101. The minimum absolute atomic E-state index is 0.101. The molecule has 1 aliphatic heterocycles. The molecule has 2 heterocycles. The number of rotatable bonds is 5. The van der Waals surface area contributed by atoms with Gasteiger partial charge in [0.25, 0.3) is 0 Å². The molecule has 1 fully saturated rings. The molecule has 5 nitrogen and oxygen atoms in total. The van der Waals surface area contributed by atoms with Gasteiger partial charge in [-0.3, -0.25) is 9.78 Å². The molecule has 5 heteroatoms. The summed E-state index contributed by atoms with van der Waals surface area (Å²) >= 11 is 0. The van der Waals surface area contributed by atoms with E-state index in [1.165, 1.54) is 0 Å². The van der Waals surface area contributed by atoms with E-state index in [-0.39, 0.29) is 5.91 Å². The van der Waals surface area contributed by atoms with Gasteiger partial charge >= 0.3 is 0 Å². The van der Waals surface area contributed by atoms with E-state index >= 15 is 0 Å². The van der Waals surface area contributed by atoms with Gasteiger partial charge in [-0.1, -0.05) is 6.07 Å². The van der Waals surface area contributed by atoms with E-state index in [1.54, 1.807) is 6.20 Å². The van der Waals surface area contributed by atoms with Gasteiger partial charge in [-0.15, -0.1) is 0 Å². The lowest BCUT2D eigenvalue weighted by molar-refractivity contribution is -0.121. The number of carbonyl (C=O) groups is 1. The van der Waals surface area contributed by atoms with Crippen molar-refractivity contribution in [3.05, 3.63) is 30.1 Å². The summed E-state index contributed by atoms with van der Waals surface area (Å²) in [4.78, 5) is 20.6. The maximum atomic E-state index is 11.7. The van der Waals surface area contributed by atoms with E-state index in [1.807, 2.05) is 18.2 Å². The molecule has 19 heavy (non-hydrogen) atoms. The quantitative estimate of drug-likeness (QED) is 0.831. The van der Waals surface area contributed by atoms with E-state index in [9.17, 15) is 4.79 Å². The number of amides is 1. The molecule has 0 spiro atoms. The number of hydrogen-bond donors (Lipinski definition) is 1. The monoisotopic (exact) mass is 262 g/mol. The molecular formula is C14H22N4O. The minimum atomic E-state index is 0.101. The van der Waals surface area contributed by atoms with E-state index in [2.05, 4.69) is 27.1 Å². The number of hydrogen-bond acceptors (Lipinski definition) is 4. The molecule has 1 aromatic heterocycles. The van der Waals surface area contributed by atoms with Crippen LogP contribution in [0.4, 0.5) is 0 Å². The molecular weight excluding hydrogens is 240 g/mol. The van der Waals surface area contributed by atoms with Gasteiger partial charge in [0, 0.05) is 45.3 Å². The molecule has 1 aromatic rings. The fraction of sp³-hybridized carbons (Fsp3) is 0.571. The normalized spacial score (nSPS) is 17.3. The van der Waals surface area contributed by atoms with Gasteiger partial charge in [0.15, 0.2) is 0 Å². The second-order valence-corrected chi connectivity index (χ2v) is 4.99. The first kappa shape index (κ1) is 14.0. The Kier molecular flexibility index (Phi) is 5.30. The maximum absolute atomic E-state index is 11.7. The van der Waals surface area contributed by atoms with Crippen molar-refractivity contribution in [1.29, 1.82) is 0 Å². The Morgan fingerprint density at radius 1 is 1.32 bits per heavy atom. The second kappa shape index (κ2) is 7.21. The molecule has 0 bridgehead atoms. The SMILES string of the molecule is CN1CCN(CCC(=O)NCc2ccccn2)CC1. The van der Waals surface area contributed by atoms with Crippen LogP contribution in [-0.4, -0.2) is 60.5 Å². The molecule has 104 valence electrons. The largest absolute Gasteiger partial charge is 0.350 e. The Morgan fingerprint density at radius 2 is 2.11 bits per heavy atom. The molecule has 0 aromatic carbocycles. The summed E-state index contributed by atoms with van der Waals surface area (Å²) in [7, 11) is 2.14. The molecule has 2 rings (SSSR count). The van der Waals surface area contributed by atoms with Crippen molar-refractivity contribution >= 4 is 5.91 Å². The summed E-state index contributed by atoms with van der Waals surface area (Å²) in [6.45, 7) is 5.67. The zero-order valence-corrected chi connectivity index (χ0v) is 11.5. The fourth-order valence-electron chi connectivity index (χ4n) is 2.11. The number of aromatic nitrogens is 1. The lowest BCUT2D eigenvalue weighted by atomic mass is 10.3. The highest BCUT2D eigenvalue weighted by molar-refractivity contribution is 5.75. The van der Waals surface area contributed by atoms with Crippen molar-refractivity contribution in [2.24, 2.45) is 0 Å². The topological polar surface area (TPSA) is 48.5 Å². The van der Waals surface area contributed by atoms with Gasteiger partial charge in [0.2, 0.25) is 5.91 Å². The van der Waals surface area contributed by atoms with Gasteiger partial charge in [0.05, 0.1) is 12.2 Å². The van der Waals surface area contributed by atoms with Crippen LogP contribution in [0.5, 0.6) is 0 Å². The van der Waals surface area contributed by atoms with Gasteiger partial charge in [-0.25, -0.2) is 0 Å². The van der Waals surface area contributed by atoms with E-state index < -0.39 is 0 Å². The fourth-order valence-corrected chi connectivity index (χ4v) is 2.11. The second-order valence-electron chi connectivity index (χ2n) is 4.99. The Bertz CT molecular complexity index is 388. The van der Waals surface area contributed by atoms with Crippen molar-refractivity contribution < 1.29 is 4.79 Å². The average molecular weight is 262 g/mol. The van der Waals surface area contributed by atoms with E-state index in [4.69, 9.17) is 0 Å². The molecule has 1 aliphatic rings. The Morgan fingerprint density at radius 3 is 2.79 bits per heavy atom. The number of carbonyl (C=O) groups excluding carboxylic acids is 1. The van der Waals surface area contributed by atoms with Crippen LogP contribution in [0, 0.1) is 0 Å². The van der Waals surface area contributed by atoms with Crippen LogP contribution in [0.25, 0.3) is 0 Å². The van der Waals surface area contributed by atoms with Crippen molar-refractivity contribution in [2.45, 2.75) is 13.0 Å². The first-order valence-electron chi connectivity index (χ1n) is 6.81. The summed E-state index contributed by atoms with van der Waals surface area (Å²) in [5, 5.41) is 2.91. The maximum Gasteiger partial charge on any atom is 0.221 e. The molecule has 0 radical (unpaired) electrons. The highest BCUT2D eigenvalue weighted by Gasteiger charge is 2.14. The first-order chi connectivity index (χ1) is 9.24. The highest BCUT2D eigenvalue weighted by atomic mass is 16.1.